The molecule has 0 saturated carbocycles. The van der Waals surface area contributed by atoms with Crippen LogP contribution in [0.2, 0.25) is 5.02 Å². The van der Waals surface area contributed by atoms with Gasteiger partial charge in [0.25, 0.3) is 5.91 Å². The van der Waals surface area contributed by atoms with Gasteiger partial charge in [-0.15, -0.1) is 0 Å². The summed E-state index contributed by atoms with van der Waals surface area (Å²) in [6, 6.07) is 12.8. The molecule has 0 aliphatic heterocycles. The van der Waals surface area contributed by atoms with Crippen molar-refractivity contribution in [2.75, 3.05) is 19.5 Å². The summed E-state index contributed by atoms with van der Waals surface area (Å²) in [4.78, 5) is 12.7. The maximum Gasteiger partial charge on any atom is 0.259 e. The molecular formula is C19H18ClN3O3. The van der Waals surface area contributed by atoms with Gasteiger partial charge in [0.1, 0.15) is 11.5 Å². The fourth-order valence-electron chi connectivity index (χ4n) is 2.61. The highest BCUT2D eigenvalue weighted by molar-refractivity contribution is 6.32. The number of rotatable bonds is 5. The number of halogens is 1. The van der Waals surface area contributed by atoms with Crippen molar-refractivity contribution < 1.29 is 14.3 Å². The summed E-state index contributed by atoms with van der Waals surface area (Å²) >= 11 is 6.10. The van der Waals surface area contributed by atoms with Gasteiger partial charge >= 0.3 is 0 Å². The number of nitrogens with zero attached hydrogens (tertiary/aromatic N) is 2. The summed E-state index contributed by atoms with van der Waals surface area (Å²) in [6.07, 6.45) is 1.54. The van der Waals surface area contributed by atoms with Crippen molar-refractivity contribution in [2.45, 2.75) is 6.92 Å². The first-order valence-electron chi connectivity index (χ1n) is 7.88. The van der Waals surface area contributed by atoms with Crippen LogP contribution in [0.25, 0.3) is 5.69 Å². The summed E-state index contributed by atoms with van der Waals surface area (Å²) in [6.45, 7) is 1.84. The average molecular weight is 372 g/mol. The first kappa shape index (κ1) is 17.8. The number of hydrogen-bond donors (Lipinski definition) is 1. The van der Waals surface area contributed by atoms with Gasteiger partial charge in [-0.2, -0.15) is 5.10 Å². The molecule has 134 valence electrons. The van der Waals surface area contributed by atoms with Crippen molar-refractivity contribution in [2.24, 2.45) is 0 Å². The quantitative estimate of drug-likeness (QED) is 0.733. The highest BCUT2D eigenvalue weighted by Crippen LogP contribution is 2.36. The minimum Gasteiger partial charge on any atom is -0.495 e. The number of aromatic nitrogens is 2. The van der Waals surface area contributed by atoms with Crippen LogP contribution in [0.5, 0.6) is 11.5 Å². The van der Waals surface area contributed by atoms with Crippen LogP contribution in [0.15, 0.2) is 48.7 Å². The molecular weight excluding hydrogens is 354 g/mol. The van der Waals surface area contributed by atoms with Crippen molar-refractivity contribution in [1.29, 1.82) is 0 Å². The Balaban J connectivity index is 1.91. The van der Waals surface area contributed by atoms with Crippen molar-refractivity contribution in [3.63, 3.8) is 0 Å². The number of carbonyl (C=O) groups is 1. The number of carbonyl (C=O) groups excluding carboxylic acids is 1. The molecule has 1 heterocycles. The Labute approximate surface area is 156 Å². The topological polar surface area (TPSA) is 65.4 Å². The molecule has 0 saturated heterocycles. The standard InChI is InChI=1S/C19H18ClN3O3/c1-12-14(11-21-23(12)13-7-5-4-6-8-13)19(24)22-16-10-17(25-2)15(20)9-18(16)26-3/h4-11H,1-3H3,(H,22,24). The van der Waals surface area contributed by atoms with Gasteiger partial charge in [0.05, 0.1) is 48.1 Å². The number of para-hydroxylation sites is 1. The van der Waals surface area contributed by atoms with E-state index in [1.54, 1.807) is 16.8 Å². The van der Waals surface area contributed by atoms with Crippen LogP contribution in [-0.4, -0.2) is 29.9 Å². The molecule has 0 unspecified atom stereocenters. The third-order valence-electron chi connectivity index (χ3n) is 3.98. The normalized spacial score (nSPS) is 10.5. The third-order valence-corrected chi connectivity index (χ3v) is 4.27. The fourth-order valence-corrected chi connectivity index (χ4v) is 2.84. The Hall–Kier alpha value is -2.99. The molecule has 7 heteroatoms. The molecule has 0 aliphatic carbocycles. The van der Waals surface area contributed by atoms with Crippen LogP contribution in [0.1, 0.15) is 16.1 Å². The molecule has 0 bridgehead atoms. The van der Waals surface area contributed by atoms with Gasteiger partial charge in [-0.1, -0.05) is 29.8 Å². The Kier molecular flexibility index (Phi) is 5.14. The van der Waals surface area contributed by atoms with Gasteiger partial charge in [-0.05, 0) is 19.1 Å². The van der Waals surface area contributed by atoms with E-state index in [1.807, 2.05) is 37.3 Å². The molecule has 2 aromatic carbocycles. The number of amides is 1. The molecule has 3 aromatic rings. The van der Waals surface area contributed by atoms with E-state index in [2.05, 4.69) is 10.4 Å². The number of methoxy groups -OCH3 is 2. The summed E-state index contributed by atoms with van der Waals surface area (Å²) in [5.41, 5.74) is 2.54. The zero-order chi connectivity index (χ0) is 18.7. The summed E-state index contributed by atoms with van der Waals surface area (Å²) in [5.74, 6) is 0.587. The number of ether oxygens (including phenoxy) is 2. The third kappa shape index (κ3) is 3.36. The van der Waals surface area contributed by atoms with Crippen molar-refractivity contribution in [3.8, 4) is 17.2 Å². The Morgan fingerprint density at radius 2 is 1.81 bits per heavy atom. The molecule has 1 aromatic heterocycles. The molecule has 1 N–H and O–H groups in total. The smallest absolute Gasteiger partial charge is 0.259 e. The molecule has 0 radical (unpaired) electrons. The van der Waals surface area contributed by atoms with E-state index in [4.69, 9.17) is 21.1 Å². The van der Waals surface area contributed by atoms with Crippen molar-refractivity contribution in [1.82, 2.24) is 9.78 Å². The van der Waals surface area contributed by atoms with Crippen molar-refractivity contribution in [3.05, 3.63) is 64.9 Å². The van der Waals surface area contributed by atoms with E-state index in [-0.39, 0.29) is 5.91 Å². The van der Waals surface area contributed by atoms with Crippen LogP contribution in [0, 0.1) is 6.92 Å². The zero-order valence-corrected chi connectivity index (χ0v) is 15.4. The number of benzene rings is 2. The molecule has 0 spiro atoms. The van der Waals surface area contributed by atoms with Crippen LogP contribution in [0.4, 0.5) is 5.69 Å². The lowest BCUT2D eigenvalue weighted by molar-refractivity contribution is 0.102. The second-order valence-electron chi connectivity index (χ2n) is 5.53. The van der Waals surface area contributed by atoms with Crippen LogP contribution in [0.3, 0.4) is 0 Å². The van der Waals surface area contributed by atoms with E-state index in [1.165, 1.54) is 20.4 Å². The molecule has 1 amide bonds. The van der Waals surface area contributed by atoms with E-state index >= 15 is 0 Å². The largest absolute Gasteiger partial charge is 0.495 e. The maximum atomic E-state index is 12.7. The van der Waals surface area contributed by atoms with E-state index < -0.39 is 0 Å². The molecule has 0 atom stereocenters. The van der Waals surface area contributed by atoms with E-state index in [9.17, 15) is 4.79 Å². The van der Waals surface area contributed by atoms with Gasteiger partial charge in [0.2, 0.25) is 0 Å². The van der Waals surface area contributed by atoms with Gasteiger partial charge in [0, 0.05) is 12.1 Å². The second kappa shape index (κ2) is 7.49. The van der Waals surface area contributed by atoms with Gasteiger partial charge in [-0.25, -0.2) is 4.68 Å². The summed E-state index contributed by atoms with van der Waals surface area (Å²) in [7, 11) is 3.01. The minimum atomic E-state index is -0.299. The summed E-state index contributed by atoms with van der Waals surface area (Å²) in [5, 5.41) is 7.55. The van der Waals surface area contributed by atoms with E-state index in [0.717, 1.165) is 11.4 Å². The minimum absolute atomic E-state index is 0.299. The number of hydrogen-bond acceptors (Lipinski definition) is 4. The molecule has 0 aliphatic rings. The Morgan fingerprint density at radius 1 is 1.12 bits per heavy atom. The number of anilines is 1. The molecule has 3 rings (SSSR count). The fraction of sp³-hybridized carbons (Fsp3) is 0.158. The lowest BCUT2D eigenvalue weighted by Gasteiger charge is -2.13. The second-order valence-corrected chi connectivity index (χ2v) is 5.94. The maximum absolute atomic E-state index is 12.7. The van der Waals surface area contributed by atoms with Crippen LogP contribution >= 0.6 is 11.6 Å². The molecule has 26 heavy (non-hydrogen) atoms. The number of nitrogens with one attached hydrogen (secondary N) is 1. The SMILES string of the molecule is COc1cc(NC(=O)c2cnn(-c3ccccc3)c2C)c(OC)cc1Cl. The monoisotopic (exact) mass is 371 g/mol. The van der Waals surface area contributed by atoms with Gasteiger partial charge in [0.15, 0.2) is 0 Å². The first-order valence-corrected chi connectivity index (χ1v) is 8.26. The lowest BCUT2D eigenvalue weighted by atomic mass is 10.2. The Bertz CT molecular complexity index is 939. The highest BCUT2D eigenvalue weighted by Gasteiger charge is 2.18. The van der Waals surface area contributed by atoms with Crippen LogP contribution in [-0.2, 0) is 0 Å². The first-order chi connectivity index (χ1) is 12.5. The zero-order valence-electron chi connectivity index (χ0n) is 14.6. The average Bonchev–Trinajstić information content (AvgIpc) is 3.05. The molecule has 6 nitrogen and oxygen atoms in total. The lowest BCUT2D eigenvalue weighted by Crippen LogP contribution is -2.14. The predicted molar refractivity (Wildman–Crippen MR) is 101 cm³/mol. The molecule has 0 fully saturated rings. The van der Waals surface area contributed by atoms with Gasteiger partial charge < -0.3 is 14.8 Å². The van der Waals surface area contributed by atoms with Gasteiger partial charge in [-0.3, -0.25) is 4.79 Å². The highest BCUT2D eigenvalue weighted by atomic mass is 35.5. The summed E-state index contributed by atoms with van der Waals surface area (Å²) < 4.78 is 12.2. The van der Waals surface area contributed by atoms with E-state index in [0.29, 0.717) is 27.8 Å². The predicted octanol–water partition coefficient (Wildman–Crippen LogP) is 4.10. The van der Waals surface area contributed by atoms with Crippen LogP contribution < -0.4 is 14.8 Å². The van der Waals surface area contributed by atoms with Crippen molar-refractivity contribution >= 4 is 23.2 Å². The Morgan fingerprint density at radius 3 is 2.46 bits per heavy atom.